The third kappa shape index (κ3) is 5.63. The van der Waals surface area contributed by atoms with Crippen LogP contribution in [0.3, 0.4) is 0 Å². The predicted octanol–water partition coefficient (Wildman–Crippen LogP) is 4.40. The average molecular weight is 453 g/mol. The maximum absolute atomic E-state index is 12.6. The third-order valence-corrected chi connectivity index (χ3v) is 6.12. The largest absolute Gasteiger partial charge is 0.486 e. The topological polar surface area (TPSA) is 76.6 Å². The monoisotopic (exact) mass is 452 g/mol. The van der Waals surface area contributed by atoms with Crippen molar-refractivity contribution in [3.63, 3.8) is 0 Å². The number of aryl methyl sites for hydroxylation is 1. The van der Waals surface area contributed by atoms with Crippen LogP contribution in [0.25, 0.3) is 0 Å². The first-order valence-corrected chi connectivity index (χ1v) is 11.8. The molecule has 1 N–H and O–H groups in total. The minimum Gasteiger partial charge on any atom is -0.486 e. The lowest BCUT2D eigenvalue weighted by molar-refractivity contribution is 0.0564. The standard InChI is InChI=1S/C24H28N4O3S/c1-3-13-28(14-19-16-30-20-7-5-6-8-21(20)31-19)15-22-26-27-24(32-22)23(29)25-18-11-9-17(4-2)10-12-18/h5-12,19H,3-4,13-16H2,1-2H3,(H,25,29). The van der Waals surface area contributed by atoms with E-state index in [-0.39, 0.29) is 12.0 Å². The molecule has 1 unspecified atom stereocenters. The summed E-state index contributed by atoms with van der Waals surface area (Å²) in [5.74, 6) is 1.33. The van der Waals surface area contributed by atoms with E-state index in [1.54, 1.807) is 0 Å². The van der Waals surface area contributed by atoms with Crippen molar-refractivity contribution in [2.24, 2.45) is 0 Å². The molecular formula is C24H28N4O3S. The molecular weight excluding hydrogens is 424 g/mol. The molecule has 7 nitrogen and oxygen atoms in total. The van der Waals surface area contributed by atoms with Gasteiger partial charge in [-0.2, -0.15) is 0 Å². The number of fused-ring (bicyclic) bond motifs is 1. The summed E-state index contributed by atoms with van der Waals surface area (Å²) >= 11 is 1.32. The molecule has 1 atom stereocenters. The zero-order valence-electron chi connectivity index (χ0n) is 18.4. The number of amides is 1. The van der Waals surface area contributed by atoms with Crippen LogP contribution in [0.15, 0.2) is 48.5 Å². The van der Waals surface area contributed by atoms with Gasteiger partial charge >= 0.3 is 0 Å². The second-order valence-corrected chi connectivity index (χ2v) is 8.80. The Bertz CT molecular complexity index is 1040. The van der Waals surface area contributed by atoms with E-state index in [0.29, 0.717) is 24.7 Å². The van der Waals surface area contributed by atoms with Crippen molar-refractivity contribution in [2.75, 3.05) is 25.0 Å². The summed E-state index contributed by atoms with van der Waals surface area (Å²) in [6.07, 6.45) is 1.91. The highest BCUT2D eigenvalue weighted by molar-refractivity contribution is 7.13. The van der Waals surface area contributed by atoms with Gasteiger partial charge in [0.05, 0.1) is 6.54 Å². The van der Waals surface area contributed by atoms with Gasteiger partial charge in [-0.15, -0.1) is 10.2 Å². The van der Waals surface area contributed by atoms with Crippen molar-refractivity contribution >= 4 is 22.9 Å². The fourth-order valence-corrected chi connectivity index (χ4v) is 4.38. The maximum atomic E-state index is 12.6. The van der Waals surface area contributed by atoms with Gasteiger partial charge in [0, 0.05) is 12.2 Å². The van der Waals surface area contributed by atoms with Gasteiger partial charge < -0.3 is 14.8 Å². The molecule has 8 heteroatoms. The Hall–Kier alpha value is -2.97. The van der Waals surface area contributed by atoms with Crippen LogP contribution in [0.1, 0.15) is 40.6 Å². The van der Waals surface area contributed by atoms with Crippen molar-refractivity contribution < 1.29 is 14.3 Å². The van der Waals surface area contributed by atoms with E-state index in [4.69, 9.17) is 9.47 Å². The second-order valence-electron chi connectivity index (χ2n) is 7.74. The number of para-hydroxylation sites is 2. The zero-order valence-corrected chi connectivity index (χ0v) is 19.2. The molecule has 1 aromatic heterocycles. The number of nitrogens with zero attached hydrogens (tertiary/aromatic N) is 3. The van der Waals surface area contributed by atoms with E-state index in [0.717, 1.165) is 41.6 Å². The Morgan fingerprint density at radius 1 is 1.12 bits per heavy atom. The zero-order chi connectivity index (χ0) is 22.3. The van der Waals surface area contributed by atoms with Crippen LogP contribution in [-0.2, 0) is 13.0 Å². The lowest BCUT2D eigenvalue weighted by Crippen LogP contribution is -2.41. The Balaban J connectivity index is 1.35. The molecule has 32 heavy (non-hydrogen) atoms. The van der Waals surface area contributed by atoms with Crippen molar-refractivity contribution in [1.82, 2.24) is 15.1 Å². The molecule has 1 aliphatic rings. The molecule has 1 amide bonds. The van der Waals surface area contributed by atoms with E-state index in [1.165, 1.54) is 16.9 Å². The van der Waals surface area contributed by atoms with Crippen LogP contribution in [-0.4, -0.2) is 46.8 Å². The summed E-state index contributed by atoms with van der Waals surface area (Å²) < 4.78 is 12.0. The van der Waals surface area contributed by atoms with Gasteiger partial charge in [-0.25, -0.2) is 0 Å². The number of carbonyl (C=O) groups excluding carboxylic acids is 1. The first-order chi connectivity index (χ1) is 15.6. The first-order valence-electron chi connectivity index (χ1n) is 11.0. The number of benzene rings is 2. The normalized spacial score (nSPS) is 15.0. The minimum atomic E-state index is -0.235. The van der Waals surface area contributed by atoms with Crippen LogP contribution in [0.4, 0.5) is 5.69 Å². The highest BCUT2D eigenvalue weighted by Gasteiger charge is 2.24. The fourth-order valence-electron chi connectivity index (χ4n) is 3.60. The number of hydrogen-bond acceptors (Lipinski definition) is 7. The summed E-state index contributed by atoms with van der Waals surface area (Å²) in [4.78, 5) is 14.8. The molecule has 0 radical (unpaired) electrons. The fraction of sp³-hybridized carbons (Fsp3) is 0.375. The van der Waals surface area contributed by atoms with Crippen LogP contribution < -0.4 is 14.8 Å². The van der Waals surface area contributed by atoms with E-state index >= 15 is 0 Å². The van der Waals surface area contributed by atoms with Crippen molar-refractivity contribution in [3.05, 3.63) is 64.1 Å². The SMILES string of the molecule is CCCN(Cc1nnc(C(=O)Nc2ccc(CC)cc2)s1)CC1COc2ccccc2O1. The number of nitrogens with one attached hydrogen (secondary N) is 1. The first kappa shape index (κ1) is 22.2. The van der Waals surface area contributed by atoms with Crippen molar-refractivity contribution in [2.45, 2.75) is 39.3 Å². The number of rotatable bonds is 9. The maximum Gasteiger partial charge on any atom is 0.286 e. The van der Waals surface area contributed by atoms with Crippen molar-refractivity contribution in [1.29, 1.82) is 0 Å². The summed E-state index contributed by atoms with van der Waals surface area (Å²) in [5, 5.41) is 12.4. The minimum absolute atomic E-state index is 0.0572. The highest BCUT2D eigenvalue weighted by atomic mass is 32.1. The molecule has 0 spiro atoms. The molecule has 0 saturated heterocycles. The van der Waals surface area contributed by atoms with E-state index < -0.39 is 0 Å². The van der Waals surface area contributed by atoms with Gasteiger partial charge in [0.2, 0.25) is 5.01 Å². The molecule has 2 heterocycles. The summed E-state index contributed by atoms with van der Waals surface area (Å²) in [7, 11) is 0. The smallest absolute Gasteiger partial charge is 0.286 e. The van der Waals surface area contributed by atoms with Crippen molar-refractivity contribution in [3.8, 4) is 11.5 Å². The third-order valence-electron chi connectivity index (χ3n) is 5.21. The van der Waals surface area contributed by atoms with E-state index in [1.807, 2.05) is 48.5 Å². The Labute approximate surface area is 192 Å². The number of aromatic nitrogens is 2. The lowest BCUT2D eigenvalue weighted by Gasteiger charge is -2.30. The Morgan fingerprint density at radius 3 is 2.66 bits per heavy atom. The molecule has 3 aromatic rings. The highest BCUT2D eigenvalue weighted by Crippen LogP contribution is 2.31. The summed E-state index contributed by atoms with van der Waals surface area (Å²) in [6.45, 7) is 6.98. The average Bonchev–Trinajstić information content (AvgIpc) is 3.28. The van der Waals surface area contributed by atoms with Gasteiger partial charge in [-0.05, 0) is 49.2 Å². The molecule has 0 saturated carbocycles. The van der Waals surface area contributed by atoms with Gasteiger partial charge in [0.25, 0.3) is 5.91 Å². The van der Waals surface area contributed by atoms with Gasteiger partial charge in [0.1, 0.15) is 17.7 Å². The Morgan fingerprint density at radius 2 is 1.91 bits per heavy atom. The second kappa shape index (κ2) is 10.6. The molecule has 0 fully saturated rings. The lowest BCUT2D eigenvalue weighted by atomic mass is 10.1. The Kier molecular flexibility index (Phi) is 7.34. The van der Waals surface area contributed by atoms with E-state index in [2.05, 4.69) is 34.3 Å². The van der Waals surface area contributed by atoms with Crippen LogP contribution in [0.5, 0.6) is 11.5 Å². The molecule has 0 bridgehead atoms. The molecule has 0 aliphatic carbocycles. The quantitative estimate of drug-likeness (QED) is 0.518. The van der Waals surface area contributed by atoms with Gasteiger partial charge in [0.15, 0.2) is 11.5 Å². The summed E-state index contributed by atoms with van der Waals surface area (Å²) in [5.41, 5.74) is 1.99. The summed E-state index contributed by atoms with van der Waals surface area (Å²) in [6, 6.07) is 15.6. The number of hydrogen-bond donors (Lipinski definition) is 1. The van der Waals surface area contributed by atoms with Crippen LogP contribution in [0.2, 0.25) is 0 Å². The van der Waals surface area contributed by atoms with E-state index in [9.17, 15) is 4.79 Å². The molecule has 4 rings (SSSR count). The number of ether oxygens (including phenoxy) is 2. The molecule has 2 aromatic carbocycles. The molecule has 168 valence electrons. The van der Waals surface area contributed by atoms with Crippen LogP contribution >= 0.6 is 11.3 Å². The van der Waals surface area contributed by atoms with Gasteiger partial charge in [-0.3, -0.25) is 9.69 Å². The van der Waals surface area contributed by atoms with Crippen LogP contribution in [0, 0.1) is 0 Å². The predicted molar refractivity (Wildman–Crippen MR) is 126 cm³/mol. The number of carbonyl (C=O) groups is 1. The molecule has 1 aliphatic heterocycles. The van der Waals surface area contributed by atoms with Gasteiger partial charge in [-0.1, -0.05) is 49.4 Å². The number of anilines is 1.